The maximum Gasteiger partial charge on any atom is 0.0301 e. The van der Waals surface area contributed by atoms with Crippen LogP contribution in [0.1, 0.15) is 18.9 Å². The summed E-state index contributed by atoms with van der Waals surface area (Å²) in [7, 11) is 0. The van der Waals surface area contributed by atoms with E-state index in [0.29, 0.717) is 0 Å². The molecule has 0 spiro atoms. The minimum absolute atomic E-state index is 0.910. The Morgan fingerprint density at radius 2 is 1.92 bits per heavy atom. The first kappa shape index (κ1) is 9.79. The van der Waals surface area contributed by atoms with Gasteiger partial charge in [0.25, 0.3) is 0 Å². The van der Waals surface area contributed by atoms with E-state index in [1.165, 1.54) is 17.1 Å². The standard InChI is InChI=1S/C13H15/c1-4-12(10-11(2)3)13-8-6-5-7-9-13/h4-9H,1-2,10H2,3H3. The number of benzene rings is 1. The molecule has 0 fully saturated rings. The molecule has 0 bridgehead atoms. The van der Waals surface area contributed by atoms with Gasteiger partial charge in [-0.15, -0.1) is 13.2 Å². The van der Waals surface area contributed by atoms with E-state index in [2.05, 4.69) is 25.3 Å². The van der Waals surface area contributed by atoms with Crippen molar-refractivity contribution in [1.29, 1.82) is 0 Å². The lowest BCUT2D eigenvalue weighted by Crippen LogP contribution is -1.95. The molecule has 1 aromatic carbocycles. The second-order valence-electron chi connectivity index (χ2n) is 3.23. The molecule has 0 aliphatic carbocycles. The Labute approximate surface area is 80.6 Å². The summed E-state index contributed by atoms with van der Waals surface area (Å²) < 4.78 is 0. The monoisotopic (exact) mass is 171 g/mol. The zero-order valence-electron chi connectivity index (χ0n) is 8.09. The molecule has 0 N–H and O–H groups in total. The van der Waals surface area contributed by atoms with E-state index in [-0.39, 0.29) is 0 Å². The van der Waals surface area contributed by atoms with Crippen LogP contribution in [0.4, 0.5) is 0 Å². The van der Waals surface area contributed by atoms with Gasteiger partial charge in [0, 0.05) is 5.92 Å². The molecule has 0 aromatic heterocycles. The Morgan fingerprint density at radius 3 is 2.38 bits per heavy atom. The summed E-state index contributed by atoms with van der Waals surface area (Å²) in [5.41, 5.74) is 2.40. The molecule has 0 nitrogen and oxygen atoms in total. The molecular weight excluding hydrogens is 156 g/mol. The third-order valence-electron chi connectivity index (χ3n) is 1.88. The van der Waals surface area contributed by atoms with Crippen molar-refractivity contribution in [2.45, 2.75) is 13.3 Å². The Balaban J connectivity index is 2.78. The first-order valence-electron chi connectivity index (χ1n) is 4.42. The minimum Gasteiger partial charge on any atom is -0.102 e. The molecule has 0 atom stereocenters. The third kappa shape index (κ3) is 2.90. The lowest BCUT2D eigenvalue weighted by molar-refractivity contribution is 1.04. The number of allylic oxidation sites excluding steroid dienone is 2. The highest BCUT2D eigenvalue weighted by Crippen LogP contribution is 2.22. The second kappa shape index (κ2) is 4.66. The molecule has 13 heavy (non-hydrogen) atoms. The van der Waals surface area contributed by atoms with Crippen LogP contribution in [-0.4, -0.2) is 0 Å². The molecule has 1 radical (unpaired) electrons. The van der Waals surface area contributed by atoms with Crippen LogP contribution in [0.3, 0.4) is 0 Å². The molecule has 67 valence electrons. The predicted molar refractivity (Wildman–Crippen MR) is 58.4 cm³/mol. The number of hydrogen-bond acceptors (Lipinski definition) is 0. The van der Waals surface area contributed by atoms with E-state index in [4.69, 9.17) is 0 Å². The fraction of sp³-hybridized carbons (Fsp3) is 0.154. The molecule has 0 heteroatoms. The smallest absolute Gasteiger partial charge is 0.0301 e. The van der Waals surface area contributed by atoms with Crippen LogP contribution in [0.25, 0.3) is 0 Å². The molecular formula is C13H15. The van der Waals surface area contributed by atoms with Crippen LogP contribution in [0.5, 0.6) is 0 Å². The normalized spacial score (nSPS) is 10.0. The molecule has 0 aliphatic rings. The zero-order valence-corrected chi connectivity index (χ0v) is 8.09. The van der Waals surface area contributed by atoms with Crippen LogP contribution >= 0.6 is 0 Å². The predicted octanol–water partition coefficient (Wildman–Crippen LogP) is 3.76. The topological polar surface area (TPSA) is 0 Å². The average molecular weight is 171 g/mol. The summed E-state index contributed by atoms with van der Waals surface area (Å²) in [6.45, 7) is 9.75. The lowest BCUT2D eigenvalue weighted by atomic mass is 9.93. The van der Waals surface area contributed by atoms with Gasteiger partial charge in [0.2, 0.25) is 0 Å². The fourth-order valence-electron chi connectivity index (χ4n) is 1.27. The molecule has 1 aromatic rings. The first-order valence-corrected chi connectivity index (χ1v) is 4.42. The molecule has 1 rings (SSSR count). The largest absolute Gasteiger partial charge is 0.102 e. The summed E-state index contributed by atoms with van der Waals surface area (Å²) in [4.78, 5) is 0. The van der Waals surface area contributed by atoms with Gasteiger partial charge in [-0.05, 0) is 18.9 Å². The summed E-state index contributed by atoms with van der Waals surface area (Å²) in [6.07, 6.45) is 2.82. The molecule has 0 unspecified atom stereocenters. The highest BCUT2D eigenvalue weighted by Gasteiger charge is 2.06. The van der Waals surface area contributed by atoms with Crippen molar-refractivity contribution in [2.24, 2.45) is 0 Å². The maximum atomic E-state index is 3.90. The molecule has 0 aliphatic heterocycles. The Bertz CT molecular complexity index is 282. The number of hydrogen-bond donors (Lipinski definition) is 0. The molecule has 0 amide bonds. The van der Waals surface area contributed by atoms with E-state index in [0.717, 1.165) is 6.42 Å². The minimum atomic E-state index is 0.910. The molecule has 0 saturated heterocycles. The van der Waals surface area contributed by atoms with E-state index in [1.807, 2.05) is 31.2 Å². The Kier molecular flexibility index (Phi) is 3.51. The van der Waals surface area contributed by atoms with Crippen molar-refractivity contribution in [3.05, 3.63) is 66.6 Å². The lowest BCUT2D eigenvalue weighted by Gasteiger charge is -2.11. The van der Waals surface area contributed by atoms with Gasteiger partial charge in [-0.1, -0.05) is 42.0 Å². The van der Waals surface area contributed by atoms with E-state index in [1.54, 1.807) is 0 Å². The third-order valence-corrected chi connectivity index (χ3v) is 1.88. The van der Waals surface area contributed by atoms with Crippen LogP contribution in [0, 0.1) is 5.92 Å². The van der Waals surface area contributed by atoms with Crippen molar-refractivity contribution in [3.8, 4) is 0 Å². The average Bonchev–Trinajstić information content (AvgIpc) is 2.15. The number of rotatable bonds is 4. The van der Waals surface area contributed by atoms with Gasteiger partial charge < -0.3 is 0 Å². The van der Waals surface area contributed by atoms with Crippen LogP contribution in [-0.2, 0) is 0 Å². The Morgan fingerprint density at radius 1 is 1.31 bits per heavy atom. The van der Waals surface area contributed by atoms with Gasteiger partial charge in [0.05, 0.1) is 0 Å². The van der Waals surface area contributed by atoms with Crippen molar-refractivity contribution in [1.82, 2.24) is 0 Å². The van der Waals surface area contributed by atoms with Crippen molar-refractivity contribution in [3.63, 3.8) is 0 Å². The fourth-order valence-corrected chi connectivity index (χ4v) is 1.27. The molecule has 0 saturated carbocycles. The van der Waals surface area contributed by atoms with Crippen LogP contribution in [0.2, 0.25) is 0 Å². The van der Waals surface area contributed by atoms with Gasteiger partial charge in [-0.3, -0.25) is 0 Å². The summed E-state index contributed by atoms with van der Waals surface area (Å²) in [6, 6.07) is 10.3. The van der Waals surface area contributed by atoms with Gasteiger partial charge in [-0.2, -0.15) is 0 Å². The van der Waals surface area contributed by atoms with Gasteiger partial charge in [-0.25, -0.2) is 0 Å². The SMILES string of the molecule is C=C[C](CC(=C)C)c1ccccc1. The van der Waals surface area contributed by atoms with E-state index in [9.17, 15) is 0 Å². The summed E-state index contributed by atoms with van der Waals surface area (Å²) in [5.74, 6) is 1.24. The Hall–Kier alpha value is -1.30. The van der Waals surface area contributed by atoms with Crippen molar-refractivity contribution < 1.29 is 0 Å². The van der Waals surface area contributed by atoms with E-state index >= 15 is 0 Å². The maximum absolute atomic E-state index is 3.90. The van der Waals surface area contributed by atoms with Crippen molar-refractivity contribution >= 4 is 0 Å². The van der Waals surface area contributed by atoms with Gasteiger partial charge in [0.1, 0.15) is 0 Å². The highest BCUT2D eigenvalue weighted by atomic mass is 14.1. The van der Waals surface area contributed by atoms with Crippen LogP contribution < -0.4 is 0 Å². The van der Waals surface area contributed by atoms with Crippen LogP contribution in [0.15, 0.2) is 55.1 Å². The highest BCUT2D eigenvalue weighted by molar-refractivity contribution is 5.38. The van der Waals surface area contributed by atoms with Gasteiger partial charge in [0.15, 0.2) is 0 Å². The van der Waals surface area contributed by atoms with Gasteiger partial charge >= 0.3 is 0 Å². The summed E-state index contributed by atoms with van der Waals surface area (Å²) in [5, 5.41) is 0. The quantitative estimate of drug-likeness (QED) is 0.605. The summed E-state index contributed by atoms with van der Waals surface area (Å²) >= 11 is 0. The van der Waals surface area contributed by atoms with E-state index < -0.39 is 0 Å². The van der Waals surface area contributed by atoms with Crippen molar-refractivity contribution in [2.75, 3.05) is 0 Å². The second-order valence-corrected chi connectivity index (χ2v) is 3.23. The zero-order chi connectivity index (χ0) is 9.68. The first-order chi connectivity index (χ1) is 6.24. The molecule has 0 heterocycles.